The van der Waals surface area contributed by atoms with E-state index in [9.17, 15) is 14.4 Å². The maximum atomic E-state index is 12.6. The first-order chi connectivity index (χ1) is 13.4. The van der Waals surface area contributed by atoms with Gasteiger partial charge in [0, 0.05) is 39.3 Å². The van der Waals surface area contributed by atoms with Crippen LogP contribution in [0.15, 0.2) is 0 Å². The zero-order valence-corrected chi connectivity index (χ0v) is 17.1. The lowest BCUT2D eigenvalue weighted by atomic mass is 10.0. The average molecular weight is 396 g/mol. The second-order valence-corrected chi connectivity index (χ2v) is 8.01. The summed E-state index contributed by atoms with van der Waals surface area (Å²) in [6.07, 6.45) is 1.69. The van der Waals surface area contributed by atoms with Crippen LogP contribution in [0, 0.1) is 0 Å². The van der Waals surface area contributed by atoms with Gasteiger partial charge in [-0.2, -0.15) is 0 Å². The Morgan fingerprint density at radius 1 is 1.14 bits per heavy atom. The van der Waals surface area contributed by atoms with Crippen molar-refractivity contribution in [3.8, 4) is 0 Å². The van der Waals surface area contributed by atoms with Crippen LogP contribution >= 0.6 is 0 Å². The largest absolute Gasteiger partial charge is 0.383 e. The van der Waals surface area contributed by atoms with Crippen molar-refractivity contribution in [1.29, 1.82) is 0 Å². The molecule has 4 amide bonds. The normalized spacial score (nSPS) is 27.8. The Kier molecular flexibility index (Phi) is 6.90. The third-order valence-corrected chi connectivity index (χ3v) is 5.73. The van der Waals surface area contributed by atoms with Gasteiger partial charge in [0.1, 0.15) is 6.54 Å². The van der Waals surface area contributed by atoms with E-state index in [0.717, 1.165) is 25.9 Å². The van der Waals surface area contributed by atoms with E-state index in [-0.39, 0.29) is 42.6 Å². The van der Waals surface area contributed by atoms with Gasteiger partial charge in [-0.15, -0.1) is 0 Å². The van der Waals surface area contributed by atoms with Gasteiger partial charge in [0.05, 0.1) is 31.9 Å². The maximum Gasteiger partial charge on any atom is 0.327 e. The Bertz CT molecular complexity index is 583. The third kappa shape index (κ3) is 4.82. The first-order valence-electron chi connectivity index (χ1n) is 10.1. The Labute approximate surface area is 166 Å². The van der Waals surface area contributed by atoms with Crippen molar-refractivity contribution in [2.75, 3.05) is 59.5 Å². The standard InChI is InChI=1S/C19H32N4O5/c1-14-10-21(11-15(2)28-14)17(24)12-20-6-4-16(5-7-20)23-13-18(25)22(19(23)26)8-9-27-3/h14-16H,4-13H2,1-3H3/t14-,15+. The smallest absolute Gasteiger partial charge is 0.327 e. The summed E-state index contributed by atoms with van der Waals surface area (Å²) < 4.78 is 10.7. The number of carbonyl (C=O) groups excluding carboxylic acids is 3. The highest BCUT2D eigenvalue weighted by Crippen LogP contribution is 2.22. The Hall–Kier alpha value is -1.71. The number of methoxy groups -OCH3 is 1. The van der Waals surface area contributed by atoms with Crippen LogP contribution in [0.4, 0.5) is 4.79 Å². The number of morpholine rings is 1. The van der Waals surface area contributed by atoms with Crippen LogP contribution in [-0.2, 0) is 19.1 Å². The van der Waals surface area contributed by atoms with Gasteiger partial charge < -0.3 is 19.3 Å². The molecule has 0 saturated carbocycles. The minimum Gasteiger partial charge on any atom is -0.383 e. The number of piperidine rings is 1. The molecule has 0 aromatic carbocycles. The SMILES string of the molecule is COCCN1C(=O)CN(C2CCN(CC(=O)N3C[C@@H](C)O[C@@H](C)C3)CC2)C1=O. The van der Waals surface area contributed by atoms with E-state index in [1.54, 1.807) is 12.0 Å². The van der Waals surface area contributed by atoms with Crippen LogP contribution in [0.2, 0.25) is 0 Å². The second kappa shape index (κ2) is 9.19. The molecule has 0 N–H and O–H groups in total. The maximum absolute atomic E-state index is 12.6. The first-order valence-corrected chi connectivity index (χ1v) is 10.1. The van der Waals surface area contributed by atoms with Crippen molar-refractivity contribution in [3.05, 3.63) is 0 Å². The van der Waals surface area contributed by atoms with Gasteiger partial charge >= 0.3 is 6.03 Å². The summed E-state index contributed by atoms with van der Waals surface area (Å²) in [5.41, 5.74) is 0. The number of imide groups is 1. The number of rotatable bonds is 6. The molecule has 0 bridgehead atoms. The fourth-order valence-corrected chi connectivity index (χ4v) is 4.31. The van der Waals surface area contributed by atoms with E-state index in [4.69, 9.17) is 9.47 Å². The highest BCUT2D eigenvalue weighted by molar-refractivity contribution is 6.02. The highest BCUT2D eigenvalue weighted by atomic mass is 16.5. The molecule has 9 nitrogen and oxygen atoms in total. The van der Waals surface area contributed by atoms with Gasteiger partial charge in [0.25, 0.3) is 0 Å². The monoisotopic (exact) mass is 396 g/mol. The van der Waals surface area contributed by atoms with Crippen molar-refractivity contribution in [2.24, 2.45) is 0 Å². The summed E-state index contributed by atoms with van der Waals surface area (Å²) in [5.74, 6) is -0.0196. The molecule has 3 heterocycles. The van der Waals surface area contributed by atoms with E-state index >= 15 is 0 Å². The molecule has 3 saturated heterocycles. The molecule has 0 radical (unpaired) electrons. The van der Waals surface area contributed by atoms with Crippen LogP contribution < -0.4 is 0 Å². The minimum absolute atomic E-state index is 0.0544. The van der Waals surface area contributed by atoms with Crippen LogP contribution in [0.25, 0.3) is 0 Å². The van der Waals surface area contributed by atoms with Crippen LogP contribution in [0.5, 0.6) is 0 Å². The fraction of sp³-hybridized carbons (Fsp3) is 0.842. The van der Waals surface area contributed by atoms with Crippen LogP contribution in [0.3, 0.4) is 0 Å². The van der Waals surface area contributed by atoms with Gasteiger partial charge in [-0.1, -0.05) is 0 Å². The van der Waals surface area contributed by atoms with Crippen LogP contribution in [0.1, 0.15) is 26.7 Å². The molecular weight excluding hydrogens is 364 g/mol. The second-order valence-electron chi connectivity index (χ2n) is 8.01. The lowest BCUT2D eigenvalue weighted by Crippen LogP contribution is -2.53. The minimum atomic E-state index is -0.215. The molecule has 0 spiro atoms. The number of carbonyl (C=O) groups is 3. The molecule has 9 heteroatoms. The van der Waals surface area contributed by atoms with Crippen molar-refractivity contribution in [1.82, 2.24) is 19.6 Å². The summed E-state index contributed by atoms with van der Waals surface area (Å²) in [6, 6.07) is -0.161. The van der Waals surface area contributed by atoms with Crippen LogP contribution in [-0.4, -0.2) is 115 Å². The fourth-order valence-electron chi connectivity index (χ4n) is 4.31. The number of urea groups is 1. The Morgan fingerprint density at radius 2 is 1.79 bits per heavy atom. The quantitative estimate of drug-likeness (QED) is 0.588. The molecule has 3 fully saturated rings. The van der Waals surface area contributed by atoms with E-state index < -0.39 is 0 Å². The summed E-state index contributed by atoms with van der Waals surface area (Å²) in [5, 5.41) is 0. The number of amides is 4. The lowest BCUT2D eigenvalue weighted by molar-refractivity contribution is -0.144. The number of likely N-dealkylation sites (tertiary alicyclic amines) is 1. The predicted octanol–water partition coefficient (Wildman–Crippen LogP) is -0.00280. The number of nitrogens with zero attached hydrogens (tertiary/aromatic N) is 4. The molecule has 0 aromatic rings. The van der Waals surface area contributed by atoms with E-state index in [0.29, 0.717) is 32.8 Å². The van der Waals surface area contributed by atoms with Crippen molar-refractivity contribution in [2.45, 2.75) is 44.9 Å². The van der Waals surface area contributed by atoms with Crippen molar-refractivity contribution < 1.29 is 23.9 Å². The molecule has 0 aromatic heterocycles. The molecule has 3 aliphatic heterocycles. The highest BCUT2D eigenvalue weighted by Gasteiger charge is 2.40. The van der Waals surface area contributed by atoms with Gasteiger partial charge in [0.2, 0.25) is 11.8 Å². The van der Waals surface area contributed by atoms with E-state index in [1.165, 1.54) is 4.90 Å². The number of hydrogen-bond donors (Lipinski definition) is 0. The van der Waals surface area contributed by atoms with E-state index in [1.807, 2.05) is 18.7 Å². The van der Waals surface area contributed by atoms with Crippen molar-refractivity contribution in [3.63, 3.8) is 0 Å². The first kappa shape index (κ1) is 21.0. The lowest BCUT2D eigenvalue weighted by Gasteiger charge is -2.39. The Balaban J connectivity index is 1.46. The van der Waals surface area contributed by atoms with Gasteiger partial charge in [-0.3, -0.25) is 19.4 Å². The number of ether oxygens (including phenoxy) is 2. The third-order valence-electron chi connectivity index (χ3n) is 5.73. The average Bonchev–Trinajstić information content (AvgIpc) is 2.94. The molecule has 28 heavy (non-hydrogen) atoms. The summed E-state index contributed by atoms with van der Waals surface area (Å²) in [6.45, 7) is 7.97. The molecule has 3 rings (SSSR count). The summed E-state index contributed by atoms with van der Waals surface area (Å²) >= 11 is 0. The van der Waals surface area contributed by atoms with Gasteiger partial charge in [-0.25, -0.2) is 4.79 Å². The zero-order chi connectivity index (χ0) is 20.3. The van der Waals surface area contributed by atoms with Gasteiger partial charge in [0.15, 0.2) is 0 Å². The van der Waals surface area contributed by atoms with E-state index in [2.05, 4.69) is 4.90 Å². The zero-order valence-electron chi connectivity index (χ0n) is 17.1. The molecule has 2 atom stereocenters. The van der Waals surface area contributed by atoms with Crippen molar-refractivity contribution >= 4 is 17.8 Å². The summed E-state index contributed by atoms with van der Waals surface area (Å²) in [4.78, 5) is 44.3. The molecule has 158 valence electrons. The topological polar surface area (TPSA) is 82.6 Å². The molecule has 3 aliphatic rings. The molecular formula is C19H32N4O5. The predicted molar refractivity (Wildman–Crippen MR) is 102 cm³/mol. The Morgan fingerprint density at radius 3 is 2.39 bits per heavy atom. The summed E-state index contributed by atoms with van der Waals surface area (Å²) in [7, 11) is 1.55. The van der Waals surface area contributed by atoms with Gasteiger partial charge in [-0.05, 0) is 26.7 Å². The molecule has 0 aliphatic carbocycles. The molecule has 0 unspecified atom stereocenters. The number of hydrogen-bond acceptors (Lipinski definition) is 6.